The van der Waals surface area contributed by atoms with Gasteiger partial charge in [-0.3, -0.25) is 0 Å². The number of nitrogens with zero attached hydrogens (tertiary/aromatic N) is 1. The highest BCUT2D eigenvalue weighted by Gasteiger charge is 2.34. The fraction of sp³-hybridized carbons (Fsp3) is 1.00. The molecule has 2 nitrogen and oxygen atoms in total. The van der Waals surface area contributed by atoms with E-state index in [0.29, 0.717) is 5.41 Å². The molecule has 0 amide bonds. The number of rotatable bonds is 6. The molecule has 0 spiro atoms. The van der Waals surface area contributed by atoms with Crippen LogP contribution in [0.3, 0.4) is 0 Å². The van der Waals surface area contributed by atoms with Crippen LogP contribution in [0, 0.1) is 5.41 Å². The van der Waals surface area contributed by atoms with Gasteiger partial charge in [0, 0.05) is 0 Å². The predicted molar refractivity (Wildman–Crippen MR) is 57.7 cm³/mol. The lowest BCUT2D eigenvalue weighted by Crippen LogP contribution is -2.40. The van der Waals surface area contributed by atoms with Gasteiger partial charge in [-0.1, -0.05) is 13.3 Å². The summed E-state index contributed by atoms with van der Waals surface area (Å²) in [6.07, 6.45) is 6.69. The van der Waals surface area contributed by atoms with Crippen molar-refractivity contribution in [2.24, 2.45) is 11.1 Å². The van der Waals surface area contributed by atoms with Gasteiger partial charge in [-0.2, -0.15) is 0 Å². The first kappa shape index (κ1) is 11.0. The second-order valence-corrected chi connectivity index (χ2v) is 4.61. The van der Waals surface area contributed by atoms with E-state index in [1.807, 2.05) is 0 Å². The van der Waals surface area contributed by atoms with Crippen molar-refractivity contribution in [3.8, 4) is 0 Å². The molecule has 0 unspecified atom stereocenters. The summed E-state index contributed by atoms with van der Waals surface area (Å²) >= 11 is 0. The average Bonchev–Trinajstić information content (AvgIpc) is 2.04. The Morgan fingerprint density at radius 3 is 2.38 bits per heavy atom. The van der Waals surface area contributed by atoms with E-state index in [-0.39, 0.29) is 0 Å². The zero-order chi connectivity index (χ0) is 9.73. The summed E-state index contributed by atoms with van der Waals surface area (Å²) in [5, 5.41) is 0. The Bertz CT molecular complexity index is 136. The quantitative estimate of drug-likeness (QED) is 0.682. The van der Waals surface area contributed by atoms with Crippen molar-refractivity contribution in [3.05, 3.63) is 0 Å². The number of hydrogen-bond acceptors (Lipinski definition) is 2. The van der Waals surface area contributed by atoms with Crippen LogP contribution in [-0.4, -0.2) is 31.6 Å². The van der Waals surface area contributed by atoms with Gasteiger partial charge in [0.05, 0.1) is 0 Å². The monoisotopic (exact) mass is 184 g/mol. The molecule has 0 bridgehead atoms. The molecule has 0 radical (unpaired) electrons. The lowest BCUT2D eigenvalue weighted by molar-refractivity contribution is 0.112. The van der Waals surface area contributed by atoms with Crippen molar-refractivity contribution < 1.29 is 0 Å². The normalized spacial score (nSPS) is 20.3. The second kappa shape index (κ2) is 4.97. The Balaban J connectivity index is 2.16. The van der Waals surface area contributed by atoms with Crippen molar-refractivity contribution in [1.82, 2.24) is 4.90 Å². The Labute approximate surface area is 82.5 Å². The van der Waals surface area contributed by atoms with Gasteiger partial charge in [0.1, 0.15) is 0 Å². The molecule has 0 saturated heterocycles. The largest absolute Gasteiger partial charge is 0.330 e. The molecule has 1 saturated carbocycles. The molecule has 0 heterocycles. The van der Waals surface area contributed by atoms with Crippen LogP contribution < -0.4 is 5.73 Å². The summed E-state index contributed by atoms with van der Waals surface area (Å²) in [6, 6.07) is 0. The predicted octanol–water partition coefficient (Wildman–Crippen LogP) is 1.85. The van der Waals surface area contributed by atoms with Crippen LogP contribution >= 0.6 is 0 Å². The molecule has 2 N–H and O–H groups in total. The first-order chi connectivity index (χ1) is 6.22. The second-order valence-electron chi connectivity index (χ2n) is 4.61. The molecule has 78 valence electrons. The fourth-order valence-electron chi connectivity index (χ4n) is 2.15. The van der Waals surface area contributed by atoms with Gasteiger partial charge in [0.2, 0.25) is 0 Å². The van der Waals surface area contributed by atoms with Crippen molar-refractivity contribution >= 4 is 0 Å². The Morgan fingerprint density at radius 1 is 1.31 bits per heavy atom. The van der Waals surface area contributed by atoms with Crippen LogP contribution in [0.4, 0.5) is 0 Å². The van der Waals surface area contributed by atoms with E-state index >= 15 is 0 Å². The van der Waals surface area contributed by atoms with Crippen LogP contribution in [0.25, 0.3) is 0 Å². The van der Waals surface area contributed by atoms with Crippen LogP contribution in [0.2, 0.25) is 0 Å². The lowest BCUT2D eigenvalue weighted by atomic mass is 9.66. The van der Waals surface area contributed by atoms with Gasteiger partial charge in [0.15, 0.2) is 0 Å². The van der Waals surface area contributed by atoms with Gasteiger partial charge in [-0.05, 0) is 57.8 Å². The third-order valence-electron chi connectivity index (χ3n) is 3.48. The summed E-state index contributed by atoms with van der Waals surface area (Å²) in [5.74, 6) is 0. The van der Waals surface area contributed by atoms with Gasteiger partial charge in [-0.25, -0.2) is 0 Å². The van der Waals surface area contributed by atoms with E-state index in [2.05, 4.69) is 18.9 Å². The third kappa shape index (κ3) is 2.96. The highest BCUT2D eigenvalue weighted by atomic mass is 15.1. The maximum Gasteiger partial charge on any atom is -0.00160 e. The molecular formula is C11H24N2. The molecule has 0 atom stereocenters. The molecule has 1 aliphatic rings. The molecule has 1 aliphatic carbocycles. The molecule has 0 aromatic carbocycles. The van der Waals surface area contributed by atoms with E-state index < -0.39 is 0 Å². The molecule has 1 fully saturated rings. The molecular weight excluding hydrogens is 160 g/mol. The zero-order valence-electron chi connectivity index (χ0n) is 9.18. The lowest BCUT2D eigenvalue weighted by Gasteiger charge is -2.42. The smallest absolute Gasteiger partial charge is 0.00160 e. The summed E-state index contributed by atoms with van der Waals surface area (Å²) < 4.78 is 0. The number of nitrogens with two attached hydrogens (primary N) is 1. The van der Waals surface area contributed by atoms with E-state index in [4.69, 9.17) is 5.73 Å². The molecule has 2 heteroatoms. The van der Waals surface area contributed by atoms with E-state index in [0.717, 1.165) is 6.54 Å². The van der Waals surface area contributed by atoms with Gasteiger partial charge in [-0.15, -0.1) is 0 Å². The minimum atomic E-state index is 0.530. The van der Waals surface area contributed by atoms with E-state index in [9.17, 15) is 0 Å². The van der Waals surface area contributed by atoms with Crippen LogP contribution in [-0.2, 0) is 0 Å². The third-order valence-corrected chi connectivity index (χ3v) is 3.48. The van der Waals surface area contributed by atoms with Crippen LogP contribution in [0.15, 0.2) is 0 Å². The van der Waals surface area contributed by atoms with Crippen molar-refractivity contribution in [2.45, 2.75) is 39.0 Å². The van der Waals surface area contributed by atoms with Gasteiger partial charge >= 0.3 is 0 Å². The van der Waals surface area contributed by atoms with Gasteiger partial charge in [0.25, 0.3) is 0 Å². The van der Waals surface area contributed by atoms with Gasteiger partial charge < -0.3 is 10.6 Å². The standard InChI is InChI=1S/C11H24N2/c1-3-8-13(2)9-7-11(10-12)5-4-6-11/h3-10,12H2,1-2H3. The van der Waals surface area contributed by atoms with Crippen LogP contribution in [0.5, 0.6) is 0 Å². The van der Waals surface area contributed by atoms with E-state index in [1.54, 1.807) is 0 Å². The maximum atomic E-state index is 5.81. The molecule has 0 aromatic rings. The number of hydrogen-bond donors (Lipinski definition) is 1. The Hall–Kier alpha value is -0.0800. The molecule has 0 aliphatic heterocycles. The zero-order valence-corrected chi connectivity index (χ0v) is 9.18. The molecule has 13 heavy (non-hydrogen) atoms. The summed E-state index contributed by atoms with van der Waals surface area (Å²) in [4.78, 5) is 2.43. The highest BCUT2D eigenvalue weighted by molar-refractivity contribution is 4.88. The summed E-state index contributed by atoms with van der Waals surface area (Å²) in [6.45, 7) is 5.58. The van der Waals surface area contributed by atoms with E-state index in [1.165, 1.54) is 45.2 Å². The summed E-state index contributed by atoms with van der Waals surface area (Å²) in [5.41, 5.74) is 6.34. The molecule has 0 aromatic heterocycles. The Morgan fingerprint density at radius 2 is 2.00 bits per heavy atom. The topological polar surface area (TPSA) is 29.3 Å². The Kier molecular flexibility index (Phi) is 4.20. The first-order valence-electron chi connectivity index (χ1n) is 5.61. The van der Waals surface area contributed by atoms with Crippen molar-refractivity contribution in [2.75, 3.05) is 26.7 Å². The first-order valence-corrected chi connectivity index (χ1v) is 5.61. The van der Waals surface area contributed by atoms with Crippen LogP contribution in [0.1, 0.15) is 39.0 Å². The van der Waals surface area contributed by atoms with Crippen molar-refractivity contribution in [3.63, 3.8) is 0 Å². The maximum absolute atomic E-state index is 5.81. The minimum absolute atomic E-state index is 0.530. The fourth-order valence-corrected chi connectivity index (χ4v) is 2.15. The summed E-state index contributed by atoms with van der Waals surface area (Å²) in [7, 11) is 2.21. The van der Waals surface area contributed by atoms with Crippen molar-refractivity contribution in [1.29, 1.82) is 0 Å². The average molecular weight is 184 g/mol. The highest BCUT2D eigenvalue weighted by Crippen LogP contribution is 2.42. The SMILES string of the molecule is CCCN(C)CCC1(CN)CCC1. The molecule has 1 rings (SSSR count). The minimum Gasteiger partial charge on any atom is -0.330 e.